The van der Waals surface area contributed by atoms with Gasteiger partial charge in [-0.1, -0.05) is 30.3 Å². The second-order valence-electron chi connectivity index (χ2n) is 7.09. The number of nitrogens with zero attached hydrogens (tertiary/aromatic N) is 1. The minimum atomic E-state index is -0.883. The lowest BCUT2D eigenvalue weighted by Crippen LogP contribution is -2.50. The molecule has 3 amide bonds. The highest BCUT2D eigenvalue weighted by Crippen LogP contribution is 2.43. The SMILES string of the molecule is COCCC(=O)N[C@@H](C)C(=O)N1C(=O)C(C)c2ccccc2-c2c(N)cccc21. The van der Waals surface area contributed by atoms with E-state index in [1.807, 2.05) is 24.3 Å². The van der Waals surface area contributed by atoms with Gasteiger partial charge in [-0.05, 0) is 37.1 Å². The van der Waals surface area contributed by atoms with Crippen LogP contribution in [0.5, 0.6) is 0 Å². The first kappa shape index (κ1) is 20.5. The summed E-state index contributed by atoms with van der Waals surface area (Å²) in [5, 5.41) is 2.64. The Hall–Kier alpha value is -3.19. The highest BCUT2D eigenvalue weighted by atomic mass is 16.5. The van der Waals surface area contributed by atoms with Crippen molar-refractivity contribution in [2.45, 2.75) is 32.2 Å². The molecule has 29 heavy (non-hydrogen) atoms. The van der Waals surface area contributed by atoms with Crippen molar-refractivity contribution in [1.82, 2.24) is 5.32 Å². The maximum absolute atomic E-state index is 13.3. The van der Waals surface area contributed by atoms with Crippen molar-refractivity contribution < 1.29 is 19.1 Å². The Bertz CT molecular complexity index is 957. The molecule has 1 aliphatic heterocycles. The number of anilines is 2. The maximum Gasteiger partial charge on any atom is 0.256 e. The summed E-state index contributed by atoms with van der Waals surface area (Å²) in [6, 6.07) is 11.8. The predicted octanol–water partition coefficient (Wildman–Crippen LogP) is 2.45. The monoisotopic (exact) mass is 395 g/mol. The average molecular weight is 395 g/mol. The zero-order chi connectivity index (χ0) is 21.1. The highest BCUT2D eigenvalue weighted by molar-refractivity contribution is 6.22. The summed E-state index contributed by atoms with van der Waals surface area (Å²) < 4.78 is 4.89. The number of amides is 3. The fourth-order valence-electron chi connectivity index (χ4n) is 3.58. The molecular weight excluding hydrogens is 370 g/mol. The van der Waals surface area contributed by atoms with Gasteiger partial charge in [-0.15, -0.1) is 0 Å². The molecule has 2 atom stereocenters. The van der Waals surface area contributed by atoms with E-state index in [1.54, 1.807) is 32.0 Å². The first-order chi connectivity index (χ1) is 13.9. The van der Waals surface area contributed by atoms with E-state index in [0.717, 1.165) is 16.0 Å². The Balaban J connectivity index is 2.04. The Morgan fingerprint density at radius 2 is 1.93 bits per heavy atom. The third kappa shape index (κ3) is 3.86. The van der Waals surface area contributed by atoms with Crippen molar-refractivity contribution in [2.75, 3.05) is 24.4 Å². The number of hydrogen-bond acceptors (Lipinski definition) is 5. The van der Waals surface area contributed by atoms with Crippen LogP contribution in [0.4, 0.5) is 11.4 Å². The molecule has 0 saturated heterocycles. The van der Waals surface area contributed by atoms with Gasteiger partial charge in [0.15, 0.2) is 0 Å². The molecule has 3 rings (SSSR count). The van der Waals surface area contributed by atoms with Gasteiger partial charge in [0.25, 0.3) is 5.91 Å². The van der Waals surface area contributed by atoms with Crippen LogP contribution in [-0.2, 0) is 19.1 Å². The summed E-state index contributed by atoms with van der Waals surface area (Å²) >= 11 is 0. The Kier molecular flexibility index (Phi) is 5.98. The second kappa shape index (κ2) is 8.45. The lowest BCUT2D eigenvalue weighted by atomic mass is 9.92. The van der Waals surface area contributed by atoms with Crippen LogP contribution in [0.25, 0.3) is 11.1 Å². The Morgan fingerprint density at radius 3 is 2.66 bits per heavy atom. The van der Waals surface area contributed by atoms with Crippen LogP contribution in [0.2, 0.25) is 0 Å². The number of methoxy groups -OCH3 is 1. The molecule has 152 valence electrons. The van der Waals surface area contributed by atoms with Crippen molar-refractivity contribution in [3.63, 3.8) is 0 Å². The molecule has 7 heteroatoms. The molecule has 7 nitrogen and oxygen atoms in total. The molecule has 0 fully saturated rings. The van der Waals surface area contributed by atoms with Crippen LogP contribution < -0.4 is 16.0 Å². The molecular formula is C22H25N3O4. The quantitative estimate of drug-likeness (QED) is 0.757. The molecule has 0 radical (unpaired) electrons. The summed E-state index contributed by atoms with van der Waals surface area (Å²) in [5.41, 5.74) is 9.44. The molecule has 0 bridgehead atoms. The number of nitrogen functional groups attached to an aromatic ring is 1. The fraction of sp³-hybridized carbons (Fsp3) is 0.318. The largest absolute Gasteiger partial charge is 0.398 e. The number of benzene rings is 2. The van der Waals surface area contributed by atoms with Gasteiger partial charge in [0.2, 0.25) is 11.8 Å². The summed E-state index contributed by atoms with van der Waals surface area (Å²) in [4.78, 5) is 39.8. The van der Waals surface area contributed by atoms with Crippen LogP contribution in [0.15, 0.2) is 42.5 Å². The zero-order valence-corrected chi connectivity index (χ0v) is 16.8. The third-order valence-corrected chi connectivity index (χ3v) is 5.10. The minimum Gasteiger partial charge on any atom is -0.398 e. The minimum absolute atomic E-state index is 0.132. The van der Waals surface area contributed by atoms with Gasteiger partial charge in [0.05, 0.1) is 18.2 Å². The Morgan fingerprint density at radius 1 is 1.21 bits per heavy atom. The van der Waals surface area contributed by atoms with E-state index in [9.17, 15) is 14.4 Å². The number of carbonyl (C=O) groups excluding carboxylic acids is 3. The van der Waals surface area contributed by atoms with E-state index >= 15 is 0 Å². The molecule has 0 aromatic heterocycles. The van der Waals surface area contributed by atoms with Crippen molar-refractivity contribution in [3.8, 4) is 11.1 Å². The molecule has 1 heterocycles. The molecule has 0 saturated carbocycles. The first-order valence-electron chi connectivity index (χ1n) is 9.50. The number of nitrogens with two attached hydrogens (primary N) is 1. The van der Waals surface area contributed by atoms with Gasteiger partial charge >= 0.3 is 0 Å². The Labute approximate surface area is 169 Å². The molecule has 1 unspecified atom stereocenters. The van der Waals surface area contributed by atoms with Gasteiger partial charge in [0, 0.05) is 24.8 Å². The van der Waals surface area contributed by atoms with E-state index < -0.39 is 17.9 Å². The maximum atomic E-state index is 13.3. The lowest BCUT2D eigenvalue weighted by Gasteiger charge is -2.26. The van der Waals surface area contributed by atoms with Crippen LogP contribution in [0.1, 0.15) is 31.7 Å². The van der Waals surface area contributed by atoms with Gasteiger partial charge in [-0.25, -0.2) is 4.90 Å². The number of rotatable bonds is 5. The van der Waals surface area contributed by atoms with Crippen LogP contribution in [0, 0.1) is 0 Å². The first-order valence-corrected chi connectivity index (χ1v) is 9.50. The van der Waals surface area contributed by atoms with Crippen LogP contribution in [0.3, 0.4) is 0 Å². The normalized spacial score (nSPS) is 16.4. The van der Waals surface area contributed by atoms with Crippen molar-refractivity contribution in [3.05, 3.63) is 48.0 Å². The average Bonchev–Trinajstić information content (AvgIpc) is 2.80. The van der Waals surface area contributed by atoms with E-state index in [0.29, 0.717) is 16.9 Å². The summed E-state index contributed by atoms with van der Waals surface area (Å²) in [6.45, 7) is 3.58. The number of carbonyl (C=O) groups is 3. The molecule has 3 N–H and O–H groups in total. The number of ether oxygens (including phenoxy) is 1. The topological polar surface area (TPSA) is 102 Å². The summed E-state index contributed by atoms with van der Waals surface area (Å²) in [6.07, 6.45) is 0.132. The molecule has 2 aromatic rings. The van der Waals surface area contributed by atoms with Gasteiger partial charge < -0.3 is 15.8 Å². The number of hydrogen-bond donors (Lipinski definition) is 2. The molecule has 1 aliphatic rings. The van der Waals surface area contributed by atoms with Crippen molar-refractivity contribution in [2.24, 2.45) is 0 Å². The zero-order valence-electron chi connectivity index (χ0n) is 16.8. The van der Waals surface area contributed by atoms with E-state index in [4.69, 9.17) is 10.5 Å². The smallest absolute Gasteiger partial charge is 0.256 e. The lowest BCUT2D eigenvalue weighted by molar-refractivity contribution is -0.131. The number of nitrogens with one attached hydrogen (secondary N) is 1. The standard InChI is InChI=1S/C22H25N3O4/c1-13-15-7-4-5-8-16(15)20-17(23)9-6-10-18(20)25(21(13)27)22(28)14(2)24-19(26)11-12-29-3/h4-10,13-14H,11-12,23H2,1-3H3,(H,24,26)/t13?,14-/m0/s1. The van der Waals surface area contributed by atoms with Crippen molar-refractivity contribution in [1.29, 1.82) is 0 Å². The van der Waals surface area contributed by atoms with Gasteiger partial charge in [-0.2, -0.15) is 0 Å². The molecule has 0 aliphatic carbocycles. The summed E-state index contributed by atoms with van der Waals surface area (Å²) in [5.74, 6) is -1.73. The van der Waals surface area contributed by atoms with Crippen LogP contribution >= 0.6 is 0 Å². The van der Waals surface area contributed by atoms with E-state index in [1.165, 1.54) is 7.11 Å². The van der Waals surface area contributed by atoms with Gasteiger partial charge in [0.1, 0.15) is 6.04 Å². The highest BCUT2D eigenvalue weighted by Gasteiger charge is 2.37. The van der Waals surface area contributed by atoms with E-state index in [2.05, 4.69) is 5.32 Å². The van der Waals surface area contributed by atoms with Crippen molar-refractivity contribution >= 4 is 29.1 Å². The number of imide groups is 1. The second-order valence-corrected chi connectivity index (χ2v) is 7.09. The summed E-state index contributed by atoms with van der Waals surface area (Å²) in [7, 11) is 1.50. The third-order valence-electron chi connectivity index (χ3n) is 5.10. The van der Waals surface area contributed by atoms with Crippen LogP contribution in [-0.4, -0.2) is 37.5 Å². The fourth-order valence-corrected chi connectivity index (χ4v) is 3.58. The molecule has 0 spiro atoms. The molecule has 2 aromatic carbocycles. The number of fused-ring (bicyclic) bond motifs is 3. The van der Waals surface area contributed by atoms with E-state index in [-0.39, 0.29) is 24.8 Å². The van der Waals surface area contributed by atoms with Gasteiger partial charge in [-0.3, -0.25) is 14.4 Å². The predicted molar refractivity (Wildman–Crippen MR) is 111 cm³/mol.